The molecule has 0 unspecified atom stereocenters. The van der Waals surface area contributed by atoms with E-state index < -0.39 is 11.2 Å². The van der Waals surface area contributed by atoms with E-state index >= 15 is 0 Å². The Kier molecular flexibility index (Phi) is 8.56. The highest BCUT2D eigenvalue weighted by atomic mass is 32.2. The Balaban J connectivity index is 2.43. The number of nitrogens with zero attached hydrogens (tertiary/aromatic N) is 2. The minimum absolute atomic E-state index is 0.0452. The molecule has 7 nitrogen and oxygen atoms in total. The van der Waals surface area contributed by atoms with Gasteiger partial charge in [-0.3, -0.25) is 19.1 Å². The van der Waals surface area contributed by atoms with Crippen LogP contribution in [0.5, 0.6) is 0 Å². The zero-order valence-corrected chi connectivity index (χ0v) is 20.2. The number of nitrogens with two attached hydrogens (primary N) is 1. The fourth-order valence-electron chi connectivity index (χ4n) is 3.57. The highest BCUT2D eigenvalue weighted by Crippen LogP contribution is 2.31. The molecule has 0 saturated carbocycles. The molecule has 0 aliphatic heterocycles. The number of thioether (sulfide) groups is 1. The predicted octanol–water partition coefficient (Wildman–Crippen LogP) is 3.69. The van der Waals surface area contributed by atoms with Crippen molar-refractivity contribution >= 4 is 29.2 Å². The van der Waals surface area contributed by atoms with Crippen LogP contribution >= 0.6 is 11.8 Å². The van der Waals surface area contributed by atoms with Gasteiger partial charge in [0, 0.05) is 18.0 Å². The molecular weight excluding hydrogens is 412 g/mol. The van der Waals surface area contributed by atoms with Crippen LogP contribution in [0, 0.1) is 27.7 Å². The van der Waals surface area contributed by atoms with Crippen molar-refractivity contribution in [3.63, 3.8) is 0 Å². The molecule has 3 N–H and O–H groups in total. The van der Waals surface area contributed by atoms with Crippen molar-refractivity contribution in [3.8, 4) is 0 Å². The lowest BCUT2D eigenvalue weighted by atomic mass is 10.0. The maximum Gasteiger partial charge on any atom is 0.330 e. The summed E-state index contributed by atoms with van der Waals surface area (Å²) in [7, 11) is 0. The number of hydrogen-bond donors (Lipinski definition) is 2. The summed E-state index contributed by atoms with van der Waals surface area (Å²) in [4.78, 5) is 43.0. The van der Waals surface area contributed by atoms with Crippen molar-refractivity contribution in [1.82, 2.24) is 9.55 Å². The largest absolute Gasteiger partial charge is 0.383 e. The third-order valence-corrected chi connectivity index (χ3v) is 6.90. The van der Waals surface area contributed by atoms with Gasteiger partial charge in [-0.05, 0) is 62.8 Å². The van der Waals surface area contributed by atoms with Crippen LogP contribution in [-0.4, -0.2) is 27.8 Å². The van der Waals surface area contributed by atoms with Crippen LogP contribution in [0.4, 0.5) is 11.5 Å². The number of aromatic amines is 1. The molecule has 0 aliphatic rings. The van der Waals surface area contributed by atoms with Crippen LogP contribution in [0.15, 0.2) is 20.6 Å². The van der Waals surface area contributed by atoms with E-state index in [1.54, 1.807) is 0 Å². The molecule has 0 radical (unpaired) electrons. The molecule has 0 fully saturated rings. The predicted molar refractivity (Wildman–Crippen MR) is 129 cm³/mol. The van der Waals surface area contributed by atoms with Crippen LogP contribution < -0.4 is 21.9 Å². The number of rotatable bonds is 9. The molecule has 2 aromatic rings. The lowest BCUT2D eigenvalue weighted by molar-refractivity contribution is -0.116. The van der Waals surface area contributed by atoms with Crippen molar-refractivity contribution in [2.45, 2.75) is 72.2 Å². The Morgan fingerprint density at radius 2 is 1.71 bits per heavy atom. The van der Waals surface area contributed by atoms with E-state index in [0.717, 1.165) is 28.9 Å². The molecule has 2 rings (SSSR count). The molecule has 1 amide bonds. The number of amides is 1. The summed E-state index contributed by atoms with van der Waals surface area (Å²) in [6, 6.07) is 2.15. The van der Waals surface area contributed by atoms with Gasteiger partial charge in [0.2, 0.25) is 5.91 Å². The topological polar surface area (TPSA) is 101 Å². The zero-order chi connectivity index (χ0) is 23.3. The van der Waals surface area contributed by atoms with Crippen molar-refractivity contribution in [1.29, 1.82) is 0 Å². The van der Waals surface area contributed by atoms with Crippen LogP contribution in [0.1, 0.15) is 55.4 Å². The number of aryl methyl sites for hydroxylation is 2. The van der Waals surface area contributed by atoms with Gasteiger partial charge in [-0.1, -0.05) is 26.3 Å². The second kappa shape index (κ2) is 10.7. The number of aromatic nitrogens is 2. The van der Waals surface area contributed by atoms with E-state index in [4.69, 9.17) is 5.73 Å². The number of nitrogens with one attached hydrogen (secondary N) is 1. The molecular formula is C23H34N4O3S. The molecule has 0 spiro atoms. The van der Waals surface area contributed by atoms with Gasteiger partial charge < -0.3 is 10.6 Å². The quantitative estimate of drug-likeness (QED) is 0.572. The molecule has 0 bridgehead atoms. The Labute approximate surface area is 188 Å². The Bertz CT molecular complexity index is 1050. The number of anilines is 2. The van der Waals surface area contributed by atoms with Gasteiger partial charge >= 0.3 is 5.69 Å². The average Bonchev–Trinajstić information content (AvgIpc) is 2.71. The van der Waals surface area contributed by atoms with Gasteiger partial charge in [0.15, 0.2) is 5.69 Å². The van der Waals surface area contributed by atoms with Gasteiger partial charge in [-0.15, -0.1) is 11.8 Å². The highest BCUT2D eigenvalue weighted by Gasteiger charge is 2.24. The van der Waals surface area contributed by atoms with E-state index in [1.165, 1.54) is 32.4 Å². The first kappa shape index (κ1) is 24.8. The van der Waals surface area contributed by atoms with E-state index in [0.29, 0.717) is 19.5 Å². The molecule has 8 heteroatoms. The first-order valence-corrected chi connectivity index (χ1v) is 11.8. The maximum absolute atomic E-state index is 13.3. The molecule has 0 saturated heterocycles. The van der Waals surface area contributed by atoms with Crippen LogP contribution in [0.3, 0.4) is 0 Å². The Morgan fingerprint density at radius 1 is 1.10 bits per heavy atom. The van der Waals surface area contributed by atoms with Crippen molar-refractivity contribution < 1.29 is 4.79 Å². The number of carbonyl (C=O) groups is 1. The molecule has 1 heterocycles. The van der Waals surface area contributed by atoms with E-state index in [-0.39, 0.29) is 23.2 Å². The fourth-order valence-corrected chi connectivity index (χ4v) is 4.75. The lowest BCUT2D eigenvalue weighted by Crippen LogP contribution is -2.42. The summed E-state index contributed by atoms with van der Waals surface area (Å²) in [5.41, 5.74) is 9.82. The summed E-state index contributed by atoms with van der Waals surface area (Å²) in [5.74, 6) is 0.0270. The smallest absolute Gasteiger partial charge is 0.330 e. The summed E-state index contributed by atoms with van der Waals surface area (Å²) in [6.45, 7) is 12.9. The van der Waals surface area contributed by atoms with Crippen molar-refractivity contribution in [2.75, 3.05) is 22.9 Å². The monoisotopic (exact) mass is 446 g/mol. The third kappa shape index (κ3) is 5.42. The number of benzene rings is 1. The molecule has 170 valence electrons. The summed E-state index contributed by atoms with van der Waals surface area (Å²) in [5, 5.41) is 0. The van der Waals surface area contributed by atoms with Crippen LogP contribution in [-0.2, 0) is 11.3 Å². The van der Waals surface area contributed by atoms with Crippen LogP contribution in [0.25, 0.3) is 0 Å². The van der Waals surface area contributed by atoms with Gasteiger partial charge in [0.05, 0.1) is 5.75 Å². The lowest BCUT2D eigenvalue weighted by Gasteiger charge is -2.25. The number of nitrogen functional groups attached to an aromatic ring is 1. The molecule has 0 aliphatic carbocycles. The minimum Gasteiger partial charge on any atom is -0.383 e. The van der Waals surface area contributed by atoms with Gasteiger partial charge in [0.25, 0.3) is 5.56 Å². The number of hydrogen-bond acceptors (Lipinski definition) is 5. The number of H-pyrrole nitrogens is 1. The normalized spacial score (nSPS) is 11.0. The second-order valence-electron chi connectivity index (χ2n) is 7.92. The average molecular weight is 447 g/mol. The molecule has 0 atom stereocenters. The van der Waals surface area contributed by atoms with Crippen LogP contribution in [0.2, 0.25) is 0 Å². The van der Waals surface area contributed by atoms with E-state index in [2.05, 4.69) is 38.7 Å². The SMILES string of the molecule is CCCCN(C(=O)CSc1c(C)c(C)cc(C)c1C)c1c(N)n(CCC)c(=O)[nH]c1=O. The van der Waals surface area contributed by atoms with Crippen molar-refractivity contribution in [3.05, 3.63) is 49.2 Å². The van der Waals surface area contributed by atoms with Gasteiger partial charge in [0.1, 0.15) is 5.82 Å². The zero-order valence-electron chi connectivity index (χ0n) is 19.4. The first-order valence-electron chi connectivity index (χ1n) is 10.8. The minimum atomic E-state index is -0.622. The maximum atomic E-state index is 13.3. The third-order valence-electron chi connectivity index (χ3n) is 5.60. The number of unbranched alkanes of at least 4 members (excludes halogenated alkanes) is 1. The summed E-state index contributed by atoms with van der Waals surface area (Å²) in [6.07, 6.45) is 2.27. The van der Waals surface area contributed by atoms with E-state index in [1.807, 2.05) is 13.8 Å². The Morgan fingerprint density at radius 3 is 2.26 bits per heavy atom. The summed E-state index contributed by atoms with van der Waals surface area (Å²) < 4.78 is 1.33. The molecule has 1 aromatic heterocycles. The van der Waals surface area contributed by atoms with Crippen molar-refractivity contribution in [2.24, 2.45) is 0 Å². The Hall–Kier alpha value is -2.48. The molecule has 1 aromatic carbocycles. The summed E-state index contributed by atoms with van der Waals surface area (Å²) >= 11 is 1.48. The molecule has 31 heavy (non-hydrogen) atoms. The standard InChI is InChI=1S/C23H34N4O3S/c1-7-9-11-26(19-21(24)27(10-8-2)23(30)25-22(19)29)18(28)13-31-20-16(5)14(3)12-15(4)17(20)6/h12H,7-11,13,24H2,1-6H3,(H,25,29,30). The first-order chi connectivity index (χ1) is 14.6. The van der Waals surface area contributed by atoms with Gasteiger partial charge in [-0.25, -0.2) is 4.79 Å². The van der Waals surface area contributed by atoms with Gasteiger partial charge in [-0.2, -0.15) is 0 Å². The van der Waals surface area contributed by atoms with E-state index in [9.17, 15) is 14.4 Å². The number of carbonyl (C=O) groups excluding carboxylic acids is 1. The highest BCUT2D eigenvalue weighted by molar-refractivity contribution is 8.00. The fraction of sp³-hybridized carbons (Fsp3) is 0.522. The second-order valence-corrected chi connectivity index (χ2v) is 8.91.